The third-order valence-electron chi connectivity index (χ3n) is 2.87. The highest BCUT2D eigenvalue weighted by Gasteiger charge is 2.23. The molecule has 8 nitrogen and oxygen atoms in total. The second-order valence-corrected chi connectivity index (χ2v) is 6.15. The monoisotopic (exact) mass is 303 g/mol. The number of benzene rings is 1. The molecule has 0 saturated heterocycles. The van der Waals surface area contributed by atoms with Gasteiger partial charge < -0.3 is 10.8 Å². The first-order chi connectivity index (χ1) is 9.16. The van der Waals surface area contributed by atoms with Crippen LogP contribution in [0.15, 0.2) is 23.1 Å². The molecule has 0 radical (unpaired) electrons. The van der Waals surface area contributed by atoms with E-state index in [9.17, 15) is 23.6 Å². The lowest BCUT2D eigenvalue weighted by atomic mass is 10.2. The fourth-order valence-corrected chi connectivity index (χ4v) is 2.88. The van der Waals surface area contributed by atoms with Gasteiger partial charge in [-0.15, -0.1) is 0 Å². The van der Waals surface area contributed by atoms with Gasteiger partial charge in [0.05, 0.1) is 15.9 Å². The van der Waals surface area contributed by atoms with Crippen LogP contribution in [0.4, 0.5) is 5.69 Å². The molecule has 0 bridgehead atoms. The van der Waals surface area contributed by atoms with Crippen LogP contribution in [0.2, 0.25) is 0 Å². The Labute approximate surface area is 116 Å². The number of nitrogens with one attached hydrogen (secondary N) is 1. The molecule has 0 saturated carbocycles. The Kier molecular flexibility index (Phi) is 5.17. The highest BCUT2D eigenvalue weighted by molar-refractivity contribution is 7.89. The number of sulfonamides is 1. The van der Waals surface area contributed by atoms with Crippen LogP contribution >= 0.6 is 0 Å². The van der Waals surface area contributed by atoms with Crippen molar-refractivity contribution in [2.24, 2.45) is 5.73 Å². The Balaban J connectivity index is 3.05. The molecular formula is C11H17N3O5S. The van der Waals surface area contributed by atoms with E-state index in [0.717, 1.165) is 0 Å². The predicted octanol–water partition coefficient (Wildman–Crippen LogP) is -0.110. The van der Waals surface area contributed by atoms with Crippen LogP contribution in [-0.4, -0.2) is 37.1 Å². The summed E-state index contributed by atoms with van der Waals surface area (Å²) in [5.74, 6) is 0. The first kappa shape index (κ1) is 16.5. The molecule has 0 aliphatic heterocycles. The van der Waals surface area contributed by atoms with Crippen LogP contribution in [0.3, 0.4) is 0 Å². The lowest BCUT2D eigenvalue weighted by molar-refractivity contribution is -0.385. The second-order valence-electron chi connectivity index (χ2n) is 4.41. The van der Waals surface area contributed by atoms with E-state index in [1.54, 1.807) is 0 Å². The van der Waals surface area contributed by atoms with Crippen molar-refractivity contribution >= 4 is 15.7 Å². The largest absolute Gasteiger partial charge is 0.392 e. The molecule has 20 heavy (non-hydrogen) atoms. The van der Waals surface area contributed by atoms with E-state index in [-0.39, 0.29) is 22.7 Å². The number of nitrogens with two attached hydrogens (primary N) is 1. The average Bonchev–Trinajstić information content (AvgIpc) is 2.35. The maximum atomic E-state index is 12.1. The summed E-state index contributed by atoms with van der Waals surface area (Å²) in [7, 11) is -3.92. The molecule has 0 aromatic heterocycles. The SMILES string of the molecule is Cc1c([N+](=O)[O-])cccc1S(=O)(=O)NCC(N)C(C)O. The number of nitrogens with zero attached hydrogens (tertiary/aromatic N) is 1. The van der Waals surface area contributed by atoms with Crippen molar-refractivity contribution in [2.45, 2.75) is 30.9 Å². The van der Waals surface area contributed by atoms with Gasteiger partial charge in [0.25, 0.3) is 5.69 Å². The second kappa shape index (κ2) is 6.27. The zero-order chi connectivity index (χ0) is 15.5. The van der Waals surface area contributed by atoms with Crippen molar-refractivity contribution < 1.29 is 18.4 Å². The highest BCUT2D eigenvalue weighted by atomic mass is 32.2. The molecule has 0 aliphatic rings. The highest BCUT2D eigenvalue weighted by Crippen LogP contribution is 2.24. The van der Waals surface area contributed by atoms with Gasteiger partial charge >= 0.3 is 0 Å². The Bertz CT molecular complexity index is 600. The summed E-state index contributed by atoms with van der Waals surface area (Å²) in [6, 6.07) is 3.05. The summed E-state index contributed by atoms with van der Waals surface area (Å²) in [4.78, 5) is 9.97. The average molecular weight is 303 g/mol. The minimum absolute atomic E-state index is 0.0515. The number of nitro benzene ring substituents is 1. The molecule has 1 aromatic carbocycles. The van der Waals surface area contributed by atoms with Gasteiger partial charge in [-0.05, 0) is 19.9 Å². The van der Waals surface area contributed by atoms with Crippen molar-refractivity contribution in [1.82, 2.24) is 4.72 Å². The molecule has 0 amide bonds. The smallest absolute Gasteiger partial charge is 0.273 e. The molecular weight excluding hydrogens is 286 g/mol. The Morgan fingerprint density at radius 1 is 1.50 bits per heavy atom. The first-order valence-corrected chi connectivity index (χ1v) is 7.32. The molecule has 0 aliphatic carbocycles. The van der Waals surface area contributed by atoms with Crippen molar-refractivity contribution in [1.29, 1.82) is 0 Å². The molecule has 1 aromatic rings. The topological polar surface area (TPSA) is 136 Å². The van der Waals surface area contributed by atoms with E-state index in [1.165, 1.54) is 32.0 Å². The van der Waals surface area contributed by atoms with Gasteiger partial charge in [0.2, 0.25) is 10.0 Å². The van der Waals surface area contributed by atoms with E-state index in [2.05, 4.69) is 4.72 Å². The Morgan fingerprint density at radius 2 is 2.10 bits per heavy atom. The fraction of sp³-hybridized carbons (Fsp3) is 0.455. The van der Waals surface area contributed by atoms with Gasteiger partial charge in [-0.1, -0.05) is 6.07 Å². The predicted molar refractivity (Wildman–Crippen MR) is 72.7 cm³/mol. The number of rotatable bonds is 6. The third kappa shape index (κ3) is 3.73. The molecule has 4 N–H and O–H groups in total. The molecule has 2 unspecified atom stereocenters. The van der Waals surface area contributed by atoms with Crippen LogP contribution in [0.25, 0.3) is 0 Å². The van der Waals surface area contributed by atoms with E-state index >= 15 is 0 Å². The Hall–Kier alpha value is -1.55. The fourth-order valence-electron chi connectivity index (χ4n) is 1.55. The first-order valence-electron chi connectivity index (χ1n) is 5.84. The van der Waals surface area contributed by atoms with Gasteiger partial charge in [-0.2, -0.15) is 0 Å². The lowest BCUT2D eigenvalue weighted by Crippen LogP contribution is -2.43. The van der Waals surface area contributed by atoms with Crippen LogP contribution in [0.5, 0.6) is 0 Å². The number of aliphatic hydroxyl groups is 1. The maximum absolute atomic E-state index is 12.1. The zero-order valence-corrected chi connectivity index (χ0v) is 11.9. The summed E-state index contributed by atoms with van der Waals surface area (Å²) in [5.41, 5.74) is 5.31. The minimum atomic E-state index is -3.92. The summed E-state index contributed by atoms with van der Waals surface area (Å²) >= 11 is 0. The maximum Gasteiger partial charge on any atom is 0.273 e. The van der Waals surface area contributed by atoms with E-state index in [0.29, 0.717) is 0 Å². The molecule has 1 rings (SSSR count). The molecule has 2 atom stereocenters. The van der Waals surface area contributed by atoms with Crippen LogP contribution in [0.1, 0.15) is 12.5 Å². The molecule has 112 valence electrons. The normalized spacial score (nSPS) is 14.8. The quantitative estimate of drug-likeness (QED) is 0.495. The molecule has 0 heterocycles. The van der Waals surface area contributed by atoms with Gasteiger partial charge in [0.1, 0.15) is 0 Å². The number of aliphatic hydroxyl groups excluding tert-OH is 1. The summed E-state index contributed by atoms with van der Waals surface area (Å²) < 4.78 is 26.4. The van der Waals surface area contributed by atoms with E-state index < -0.39 is 27.1 Å². The summed E-state index contributed by atoms with van der Waals surface area (Å²) in [6.07, 6.45) is -0.871. The Morgan fingerprint density at radius 3 is 2.60 bits per heavy atom. The van der Waals surface area contributed by atoms with Crippen LogP contribution in [-0.2, 0) is 10.0 Å². The molecule has 0 spiro atoms. The van der Waals surface area contributed by atoms with Crippen molar-refractivity contribution in [3.05, 3.63) is 33.9 Å². The molecule has 0 fully saturated rings. The van der Waals surface area contributed by atoms with Crippen LogP contribution < -0.4 is 10.5 Å². The standard InChI is InChI=1S/C11H17N3O5S/c1-7-10(14(16)17)4-3-5-11(7)20(18,19)13-6-9(12)8(2)15/h3-5,8-9,13,15H,6,12H2,1-2H3. The lowest BCUT2D eigenvalue weighted by Gasteiger charge is -2.16. The summed E-state index contributed by atoms with van der Waals surface area (Å²) in [6.45, 7) is 2.64. The van der Waals surface area contributed by atoms with Gasteiger partial charge in [-0.3, -0.25) is 10.1 Å². The van der Waals surface area contributed by atoms with Crippen molar-refractivity contribution in [3.8, 4) is 0 Å². The number of hydrogen-bond donors (Lipinski definition) is 3. The summed E-state index contributed by atoms with van der Waals surface area (Å²) in [5, 5.41) is 20.0. The van der Waals surface area contributed by atoms with Gasteiger partial charge in [0, 0.05) is 24.2 Å². The molecule has 9 heteroatoms. The van der Waals surface area contributed by atoms with Crippen molar-refractivity contribution in [2.75, 3.05) is 6.54 Å². The van der Waals surface area contributed by atoms with E-state index in [1.807, 2.05) is 0 Å². The zero-order valence-electron chi connectivity index (χ0n) is 11.1. The number of hydrogen-bond acceptors (Lipinski definition) is 6. The van der Waals surface area contributed by atoms with Gasteiger partial charge in [-0.25, -0.2) is 13.1 Å². The number of nitro groups is 1. The van der Waals surface area contributed by atoms with Gasteiger partial charge in [0.15, 0.2) is 0 Å². The third-order valence-corrected chi connectivity index (χ3v) is 4.44. The van der Waals surface area contributed by atoms with E-state index in [4.69, 9.17) is 5.73 Å². The minimum Gasteiger partial charge on any atom is -0.392 e. The van der Waals surface area contributed by atoms with Crippen molar-refractivity contribution in [3.63, 3.8) is 0 Å². The van der Waals surface area contributed by atoms with Crippen LogP contribution in [0, 0.1) is 17.0 Å².